The molecule has 0 saturated carbocycles. The van der Waals surface area contributed by atoms with Crippen molar-refractivity contribution in [2.45, 2.75) is 13.0 Å². The molecule has 4 heteroatoms. The topological polar surface area (TPSA) is 15.6 Å². The summed E-state index contributed by atoms with van der Waals surface area (Å²) in [6, 6.07) is 14.4. The van der Waals surface area contributed by atoms with Crippen LogP contribution in [0.1, 0.15) is 16.9 Å². The first-order chi connectivity index (χ1) is 8.81. The number of rotatable bonds is 3. The van der Waals surface area contributed by atoms with Crippen LogP contribution in [-0.2, 0) is 6.54 Å². The van der Waals surface area contributed by atoms with E-state index in [4.69, 9.17) is 11.6 Å². The van der Waals surface area contributed by atoms with Crippen LogP contribution in [0.5, 0.6) is 0 Å². The minimum atomic E-state index is 0.828. The largest absolute Gasteiger partial charge is 0.292 e. The molecule has 2 heterocycles. The maximum Gasteiger partial charge on any atom is 0.0935 e. The third kappa shape index (κ3) is 2.57. The van der Waals surface area contributed by atoms with Gasteiger partial charge in [-0.15, -0.1) is 11.3 Å². The third-order valence-electron chi connectivity index (χ3n) is 2.93. The number of thiophene rings is 1. The highest BCUT2D eigenvalue weighted by Crippen LogP contribution is 2.25. The fraction of sp³-hybridized carbons (Fsp3) is 0.214. The highest BCUT2D eigenvalue weighted by molar-refractivity contribution is 7.18. The number of hydrazone groups is 1. The summed E-state index contributed by atoms with van der Waals surface area (Å²) in [7, 11) is 0. The van der Waals surface area contributed by atoms with Gasteiger partial charge >= 0.3 is 0 Å². The van der Waals surface area contributed by atoms with Gasteiger partial charge in [-0.3, -0.25) is 5.01 Å². The van der Waals surface area contributed by atoms with Crippen molar-refractivity contribution in [2.24, 2.45) is 5.10 Å². The molecule has 18 heavy (non-hydrogen) atoms. The molecule has 1 aliphatic rings. The Labute approximate surface area is 116 Å². The monoisotopic (exact) mass is 276 g/mol. The fourth-order valence-electron chi connectivity index (χ4n) is 2.06. The van der Waals surface area contributed by atoms with Gasteiger partial charge in [-0.2, -0.15) is 5.10 Å². The van der Waals surface area contributed by atoms with Crippen LogP contribution in [-0.4, -0.2) is 17.3 Å². The Morgan fingerprint density at radius 1 is 1.17 bits per heavy atom. The second-order valence-corrected chi connectivity index (χ2v) is 5.99. The number of benzene rings is 1. The van der Waals surface area contributed by atoms with Crippen molar-refractivity contribution >= 4 is 28.6 Å². The summed E-state index contributed by atoms with van der Waals surface area (Å²) < 4.78 is 0.828. The minimum Gasteiger partial charge on any atom is -0.292 e. The van der Waals surface area contributed by atoms with Gasteiger partial charge in [0.15, 0.2) is 0 Å². The van der Waals surface area contributed by atoms with Gasteiger partial charge in [0.25, 0.3) is 0 Å². The predicted molar refractivity (Wildman–Crippen MR) is 77.3 cm³/mol. The van der Waals surface area contributed by atoms with E-state index < -0.39 is 0 Å². The molecule has 0 bridgehead atoms. The van der Waals surface area contributed by atoms with E-state index >= 15 is 0 Å². The average molecular weight is 277 g/mol. The van der Waals surface area contributed by atoms with Crippen LogP contribution in [0.15, 0.2) is 47.6 Å². The second kappa shape index (κ2) is 5.12. The van der Waals surface area contributed by atoms with E-state index in [0.717, 1.165) is 29.6 Å². The molecular formula is C14H13ClN2S. The van der Waals surface area contributed by atoms with Gasteiger partial charge in [0.05, 0.1) is 21.5 Å². The smallest absolute Gasteiger partial charge is 0.0935 e. The molecule has 0 fully saturated rings. The van der Waals surface area contributed by atoms with Gasteiger partial charge in [-0.05, 0) is 17.7 Å². The molecule has 0 saturated heterocycles. The summed E-state index contributed by atoms with van der Waals surface area (Å²) in [5.74, 6) is 0. The quantitative estimate of drug-likeness (QED) is 0.827. The first-order valence-electron chi connectivity index (χ1n) is 5.93. The lowest BCUT2D eigenvalue weighted by atomic mass is 10.2. The lowest BCUT2D eigenvalue weighted by molar-refractivity contribution is 0.310. The van der Waals surface area contributed by atoms with E-state index in [0.29, 0.717) is 0 Å². The summed E-state index contributed by atoms with van der Waals surface area (Å²) in [5, 5.41) is 6.79. The molecule has 0 aliphatic carbocycles. The minimum absolute atomic E-state index is 0.828. The first-order valence-corrected chi connectivity index (χ1v) is 7.13. The van der Waals surface area contributed by atoms with E-state index in [1.807, 2.05) is 12.1 Å². The summed E-state index contributed by atoms with van der Waals surface area (Å²) in [6.45, 7) is 1.86. The Bertz CT molecular complexity index is 562. The van der Waals surface area contributed by atoms with E-state index in [1.54, 1.807) is 11.3 Å². The van der Waals surface area contributed by atoms with Crippen molar-refractivity contribution in [1.82, 2.24) is 5.01 Å². The molecule has 0 amide bonds. The summed E-state index contributed by atoms with van der Waals surface area (Å²) in [6.07, 6.45) is 1.00. The fourth-order valence-corrected chi connectivity index (χ4v) is 3.11. The molecule has 0 atom stereocenters. The number of halogens is 1. The van der Waals surface area contributed by atoms with Crippen molar-refractivity contribution in [1.29, 1.82) is 0 Å². The molecule has 0 spiro atoms. The molecule has 1 aromatic carbocycles. The van der Waals surface area contributed by atoms with Crippen LogP contribution >= 0.6 is 22.9 Å². The lowest BCUT2D eigenvalue weighted by Crippen LogP contribution is -2.12. The zero-order valence-corrected chi connectivity index (χ0v) is 11.4. The summed E-state index contributed by atoms with van der Waals surface area (Å²) in [5.41, 5.74) is 2.45. The predicted octanol–water partition coefficient (Wildman–Crippen LogP) is 4.01. The Morgan fingerprint density at radius 2 is 2.00 bits per heavy atom. The van der Waals surface area contributed by atoms with Crippen molar-refractivity contribution in [3.8, 4) is 0 Å². The van der Waals surface area contributed by atoms with Gasteiger partial charge < -0.3 is 0 Å². The lowest BCUT2D eigenvalue weighted by Gasteiger charge is -2.12. The normalized spacial score (nSPS) is 14.9. The van der Waals surface area contributed by atoms with E-state index in [-0.39, 0.29) is 0 Å². The number of hydrogen-bond acceptors (Lipinski definition) is 3. The van der Waals surface area contributed by atoms with Crippen LogP contribution in [0.4, 0.5) is 0 Å². The van der Waals surface area contributed by atoms with Crippen LogP contribution in [0.2, 0.25) is 4.34 Å². The van der Waals surface area contributed by atoms with Crippen molar-refractivity contribution in [2.75, 3.05) is 6.54 Å². The summed E-state index contributed by atoms with van der Waals surface area (Å²) >= 11 is 7.56. The van der Waals surface area contributed by atoms with Crippen LogP contribution in [0.3, 0.4) is 0 Å². The maximum absolute atomic E-state index is 5.95. The number of hydrogen-bond donors (Lipinski definition) is 0. The molecule has 0 N–H and O–H groups in total. The SMILES string of the molecule is Clc1ccc(C2=NN(Cc3ccccc3)CC2)s1. The van der Waals surface area contributed by atoms with Crippen LogP contribution in [0.25, 0.3) is 0 Å². The Kier molecular flexibility index (Phi) is 3.35. The van der Waals surface area contributed by atoms with Crippen molar-refractivity contribution in [3.05, 3.63) is 57.2 Å². The van der Waals surface area contributed by atoms with Gasteiger partial charge in [0.2, 0.25) is 0 Å². The third-order valence-corrected chi connectivity index (χ3v) is 4.21. The average Bonchev–Trinajstić information content (AvgIpc) is 2.99. The van der Waals surface area contributed by atoms with E-state index in [9.17, 15) is 0 Å². The van der Waals surface area contributed by atoms with Crippen molar-refractivity contribution in [3.63, 3.8) is 0 Å². The molecule has 1 aromatic heterocycles. The molecule has 0 unspecified atom stereocenters. The zero-order valence-electron chi connectivity index (χ0n) is 9.84. The van der Waals surface area contributed by atoms with Crippen LogP contribution in [0, 0.1) is 0 Å². The molecule has 1 aliphatic heterocycles. The van der Waals surface area contributed by atoms with E-state index in [1.165, 1.54) is 10.4 Å². The highest BCUT2D eigenvalue weighted by Gasteiger charge is 2.17. The van der Waals surface area contributed by atoms with Gasteiger partial charge in [0, 0.05) is 13.0 Å². The maximum atomic E-state index is 5.95. The Balaban J connectivity index is 1.72. The molecule has 2 nitrogen and oxygen atoms in total. The molecule has 2 aromatic rings. The molecule has 3 rings (SSSR count). The first kappa shape index (κ1) is 11.8. The second-order valence-electron chi connectivity index (χ2n) is 4.27. The van der Waals surface area contributed by atoms with Crippen LogP contribution < -0.4 is 0 Å². The van der Waals surface area contributed by atoms with E-state index in [2.05, 4.69) is 40.4 Å². The number of nitrogens with zero attached hydrogens (tertiary/aromatic N) is 2. The van der Waals surface area contributed by atoms with Gasteiger partial charge in [-0.1, -0.05) is 41.9 Å². The van der Waals surface area contributed by atoms with Gasteiger partial charge in [-0.25, -0.2) is 0 Å². The standard InChI is InChI=1S/C14H13ClN2S/c15-14-7-6-13(18-14)12-8-9-17(16-12)10-11-4-2-1-3-5-11/h1-7H,8-10H2. The Morgan fingerprint density at radius 3 is 2.72 bits per heavy atom. The molecule has 0 radical (unpaired) electrons. The molecule has 92 valence electrons. The zero-order chi connectivity index (χ0) is 12.4. The van der Waals surface area contributed by atoms with Gasteiger partial charge in [0.1, 0.15) is 0 Å². The highest BCUT2D eigenvalue weighted by atomic mass is 35.5. The Hall–Kier alpha value is -1.32. The van der Waals surface area contributed by atoms with Crippen molar-refractivity contribution < 1.29 is 0 Å². The molecular weight excluding hydrogens is 264 g/mol. The summed E-state index contributed by atoms with van der Waals surface area (Å²) in [4.78, 5) is 1.19.